The first-order valence-electron chi connectivity index (χ1n) is 6.20. The smallest absolute Gasteiger partial charge is 0.0645 e. The highest BCUT2D eigenvalue weighted by Crippen LogP contribution is 2.39. The van der Waals surface area contributed by atoms with E-state index in [9.17, 15) is 5.11 Å². The molecule has 1 aliphatic carbocycles. The molecule has 0 aromatic carbocycles. The summed E-state index contributed by atoms with van der Waals surface area (Å²) in [5.41, 5.74) is 5.95. The fraction of sp³-hybridized carbons (Fsp3) is 1.00. The van der Waals surface area contributed by atoms with Gasteiger partial charge in [-0.2, -0.15) is 0 Å². The summed E-state index contributed by atoms with van der Waals surface area (Å²) < 4.78 is 5.49. The average molecular weight is 228 g/mol. The lowest BCUT2D eigenvalue weighted by molar-refractivity contribution is -0.0649. The van der Waals surface area contributed by atoms with E-state index in [1.165, 1.54) is 12.8 Å². The fourth-order valence-electron chi connectivity index (χ4n) is 2.51. The van der Waals surface area contributed by atoms with Crippen molar-refractivity contribution in [3.8, 4) is 0 Å². The molecule has 0 aromatic rings. The SMILES string of the molecule is CC1(C)COCCN1CC(N)(CO)C1CC1. The molecule has 3 N–H and O–H groups in total. The fourth-order valence-corrected chi connectivity index (χ4v) is 2.51. The maximum absolute atomic E-state index is 9.51. The van der Waals surface area contributed by atoms with Gasteiger partial charge in [-0.1, -0.05) is 0 Å². The van der Waals surface area contributed by atoms with E-state index in [-0.39, 0.29) is 12.1 Å². The Morgan fingerprint density at radius 1 is 1.50 bits per heavy atom. The van der Waals surface area contributed by atoms with Crippen LogP contribution in [-0.2, 0) is 4.74 Å². The maximum Gasteiger partial charge on any atom is 0.0645 e. The van der Waals surface area contributed by atoms with Crippen LogP contribution >= 0.6 is 0 Å². The van der Waals surface area contributed by atoms with Crippen LogP contribution in [0.25, 0.3) is 0 Å². The van der Waals surface area contributed by atoms with Crippen LogP contribution < -0.4 is 5.73 Å². The van der Waals surface area contributed by atoms with Crippen molar-refractivity contribution in [3.63, 3.8) is 0 Å². The number of nitrogens with two attached hydrogens (primary N) is 1. The van der Waals surface area contributed by atoms with Crippen LogP contribution in [0.1, 0.15) is 26.7 Å². The van der Waals surface area contributed by atoms with Gasteiger partial charge in [0.05, 0.1) is 25.4 Å². The number of hydrogen-bond acceptors (Lipinski definition) is 4. The summed E-state index contributed by atoms with van der Waals surface area (Å²) in [6.45, 7) is 7.66. The molecule has 1 heterocycles. The summed E-state index contributed by atoms with van der Waals surface area (Å²) >= 11 is 0. The zero-order valence-electron chi connectivity index (χ0n) is 10.4. The molecule has 2 fully saturated rings. The van der Waals surface area contributed by atoms with Crippen LogP contribution in [-0.4, -0.2) is 54.0 Å². The molecule has 94 valence electrons. The minimum Gasteiger partial charge on any atom is -0.394 e. The van der Waals surface area contributed by atoms with Gasteiger partial charge in [-0.05, 0) is 32.6 Å². The number of morpholine rings is 1. The number of aliphatic hydroxyl groups is 1. The molecule has 1 saturated carbocycles. The average Bonchev–Trinajstić information content (AvgIpc) is 3.04. The normalized spacial score (nSPS) is 30.0. The lowest BCUT2D eigenvalue weighted by atomic mass is 9.91. The molecule has 2 rings (SSSR count). The molecule has 0 spiro atoms. The topological polar surface area (TPSA) is 58.7 Å². The molecule has 0 radical (unpaired) electrons. The summed E-state index contributed by atoms with van der Waals surface area (Å²) in [4.78, 5) is 2.37. The lowest BCUT2D eigenvalue weighted by Gasteiger charge is -2.46. The van der Waals surface area contributed by atoms with Crippen LogP contribution in [0.15, 0.2) is 0 Å². The van der Waals surface area contributed by atoms with Gasteiger partial charge in [-0.3, -0.25) is 4.90 Å². The molecule has 1 unspecified atom stereocenters. The highest BCUT2D eigenvalue weighted by molar-refractivity contribution is 5.02. The van der Waals surface area contributed by atoms with Gasteiger partial charge in [0, 0.05) is 18.6 Å². The largest absolute Gasteiger partial charge is 0.394 e. The molecular weight excluding hydrogens is 204 g/mol. The maximum atomic E-state index is 9.51. The van der Waals surface area contributed by atoms with Crippen molar-refractivity contribution in [3.05, 3.63) is 0 Å². The Morgan fingerprint density at radius 3 is 2.69 bits per heavy atom. The molecule has 1 atom stereocenters. The molecule has 1 saturated heterocycles. The third kappa shape index (κ3) is 2.40. The van der Waals surface area contributed by atoms with Gasteiger partial charge in [-0.15, -0.1) is 0 Å². The van der Waals surface area contributed by atoms with E-state index in [4.69, 9.17) is 10.5 Å². The Bertz CT molecular complexity index is 253. The molecule has 2 aliphatic rings. The molecule has 0 aromatic heterocycles. The van der Waals surface area contributed by atoms with E-state index in [0.29, 0.717) is 5.92 Å². The minimum absolute atomic E-state index is 0.0347. The van der Waals surface area contributed by atoms with Gasteiger partial charge in [0.15, 0.2) is 0 Å². The molecule has 1 aliphatic heterocycles. The number of rotatable bonds is 4. The number of hydrogen-bond donors (Lipinski definition) is 2. The van der Waals surface area contributed by atoms with E-state index in [2.05, 4.69) is 18.7 Å². The molecular formula is C12H24N2O2. The first kappa shape index (κ1) is 12.3. The first-order chi connectivity index (χ1) is 7.48. The van der Waals surface area contributed by atoms with Crippen molar-refractivity contribution in [2.24, 2.45) is 11.7 Å². The summed E-state index contributed by atoms with van der Waals surface area (Å²) in [5, 5.41) is 9.51. The Kier molecular flexibility index (Phi) is 3.27. The van der Waals surface area contributed by atoms with Gasteiger partial charge in [0.1, 0.15) is 0 Å². The van der Waals surface area contributed by atoms with E-state index in [1.54, 1.807) is 0 Å². The standard InChI is InChI=1S/C12H24N2O2/c1-11(2)9-16-6-5-14(11)7-12(13,8-15)10-3-4-10/h10,15H,3-9,13H2,1-2H3. The number of ether oxygens (including phenoxy) is 1. The first-order valence-corrected chi connectivity index (χ1v) is 6.20. The van der Waals surface area contributed by atoms with Crippen LogP contribution in [0.3, 0.4) is 0 Å². The second kappa shape index (κ2) is 4.26. The van der Waals surface area contributed by atoms with Crippen molar-refractivity contribution >= 4 is 0 Å². The Labute approximate surface area is 97.7 Å². The minimum atomic E-state index is -0.408. The highest BCUT2D eigenvalue weighted by atomic mass is 16.5. The van der Waals surface area contributed by atoms with E-state index >= 15 is 0 Å². The third-order valence-corrected chi connectivity index (χ3v) is 3.99. The quantitative estimate of drug-likeness (QED) is 0.721. The summed E-state index contributed by atoms with van der Waals surface area (Å²) in [7, 11) is 0. The summed E-state index contributed by atoms with van der Waals surface area (Å²) in [6, 6.07) is 0. The Balaban J connectivity index is 2.01. The number of nitrogens with zero attached hydrogens (tertiary/aromatic N) is 1. The highest BCUT2D eigenvalue weighted by Gasteiger charge is 2.45. The van der Waals surface area contributed by atoms with E-state index in [0.717, 1.165) is 26.3 Å². The Morgan fingerprint density at radius 2 is 2.19 bits per heavy atom. The van der Waals surface area contributed by atoms with E-state index in [1.807, 2.05) is 0 Å². The molecule has 16 heavy (non-hydrogen) atoms. The van der Waals surface area contributed by atoms with Gasteiger partial charge in [0.25, 0.3) is 0 Å². The predicted octanol–water partition coefficient (Wildman–Crippen LogP) is 0.197. The van der Waals surface area contributed by atoms with Gasteiger partial charge in [0.2, 0.25) is 0 Å². The second-order valence-electron chi connectivity index (χ2n) is 5.95. The molecule has 0 bridgehead atoms. The van der Waals surface area contributed by atoms with Crippen LogP contribution in [0.2, 0.25) is 0 Å². The third-order valence-electron chi connectivity index (χ3n) is 3.99. The number of aliphatic hydroxyl groups excluding tert-OH is 1. The van der Waals surface area contributed by atoms with Gasteiger partial charge < -0.3 is 15.6 Å². The van der Waals surface area contributed by atoms with Crippen LogP contribution in [0.5, 0.6) is 0 Å². The monoisotopic (exact) mass is 228 g/mol. The van der Waals surface area contributed by atoms with Crippen molar-refractivity contribution in [1.82, 2.24) is 4.90 Å². The van der Waals surface area contributed by atoms with E-state index < -0.39 is 5.54 Å². The predicted molar refractivity (Wildman–Crippen MR) is 63.2 cm³/mol. The van der Waals surface area contributed by atoms with Crippen LogP contribution in [0.4, 0.5) is 0 Å². The summed E-state index contributed by atoms with van der Waals surface area (Å²) in [5.74, 6) is 0.510. The zero-order valence-corrected chi connectivity index (χ0v) is 10.4. The molecule has 0 amide bonds. The van der Waals surface area contributed by atoms with Crippen LogP contribution in [0, 0.1) is 5.92 Å². The Hall–Kier alpha value is -0.160. The molecule has 4 heteroatoms. The molecule has 4 nitrogen and oxygen atoms in total. The summed E-state index contributed by atoms with van der Waals surface area (Å²) in [6.07, 6.45) is 2.34. The van der Waals surface area contributed by atoms with Crippen molar-refractivity contribution in [2.45, 2.75) is 37.8 Å². The van der Waals surface area contributed by atoms with Crippen molar-refractivity contribution in [1.29, 1.82) is 0 Å². The van der Waals surface area contributed by atoms with Gasteiger partial charge >= 0.3 is 0 Å². The zero-order chi connectivity index (χ0) is 11.8. The van der Waals surface area contributed by atoms with Gasteiger partial charge in [-0.25, -0.2) is 0 Å². The lowest BCUT2D eigenvalue weighted by Crippen LogP contribution is -2.62. The second-order valence-corrected chi connectivity index (χ2v) is 5.95. The van der Waals surface area contributed by atoms with Crippen molar-refractivity contribution < 1.29 is 9.84 Å². The van der Waals surface area contributed by atoms with Crippen molar-refractivity contribution in [2.75, 3.05) is 32.9 Å².